The average Bonchev–Trinajstić information content (AvgIpc) is 3.09. The highest BCUT2D eigenvalue weighted by Gasteiger charge is 2.14. The Morgan fingerprint density at radius 2 is 2.04 bits per heavy atom. The van der Waals surface area contributed by atoms with Crippen LogP contribution in [0.15, 0.2) is 53.2 Å². The molecule has 0 fully saturated rings. The monoisotopic (exact) mass is 344 g/mol. The molecule has 0 N–H and O–H groups in total. The normalized spacial score (nSPS) is 10.4. The second kappa shape index (κ2) is 7.14. The van der Waals surface area contributed by atoms with Crippen molar-refractivity contribution in [3.05, 3.63) is 65.1 Å². The SMILES string of the molecule is COc1ccc(-c2cc(COC(=O)c3cccnc3Cl)on2)cc1. The lowest BCUT2D eigenvalue weighted by atomic mass is 10.1. The fourth-order valence-corrected chi connectivity index (χ4v) is 2.23. The van der Waals surface area contributed by atoms with Crippen LogP contribution >= 0.6 is 11.6 Å². The molecule has 0 atom stereocenters. The number of hydrogen-bond donors (Lipinski definition) is 0. The summed E-state index contributed by atoms with van der Waals surface area (Å²) in [6, 6.07) is 12.2. The fraction of sp³-hybridized carbons (Fsp3) is 0.118. The third kappa shape index (κ3) is 3.55. The van der Waals surface area contributed by atoms with Crippen molar-refractivity contribution >= 4 is 17.6 Å². The molecule has 0 bridgehead atoms. The van der Waals surface area contributed by atoms with Gasteiger partial charge in [-0.05, 0) is 36.4 Å². The minimum Gasteiger partial charge on any atom is -0.497 e. The number of nitrogens with zero attached hydrogens (tertiary/aromatic N) is 2. The number of hydrogen-bond acceptors (Lipinski definition) is 6. The van der Waals surface area contributed by atoms with Crippen LogP contribution < -0.4 is 4.74 Å². The summed E-state index contributed by atoms with van der Waals surface area (Å²) in [4.78, 5) is 15.8. The van der Waals surface area contributed by atoms with Crippen LogP contribution in [0.4, 0.5) is 0 Å². The van der Waals surface area contributed by atoms with Gasteiger partial charge < -0.3 is 14.0 Å². The van der Waals surface area contributed by atoms with Crippen molar-refractivity contribution in [1.82, 2.24) is 10.1 Å². The second-order valence-electron chi connectivity index (χ2n) is 4.82. The molecule has 0 saturated heterocycles. The predicted molar refractivity (Wildman–Crippen MR) is 86.9 cm³/mol. The molecular formula is C17H13ClN2O4. The van der Waals surface area contributed by atoms with Crippen molar-refractivity contribution in [2.24, 2.45) is 0 Å². The molecule has 0 radical (unpaired) electrons. The maximum absolute atomic E-state index is 12.0. The minimum atomic E-state index is -0.574. The second-order valence-corrected chi connectivity index (χ2v) is 5.18. The van der Waals surface area contributed by atoms with Gasteiger partial charge >= 0.3 is 5.97 Å². The Labute approximate surface area is 143 Å². The molecule has 6 nitrogen and oxygen atoms in total. The van der Waals surface area contributed by atoms with E-state index in [-0.39, 0.29) is 17.3 Å². The van der Waals surface area contributed by atoms with Gasteiger partial charge in [-0.1, -0.05) is 16.8 Å². The van der Waals surface area contributed by atoms with E-state index < -0.39 is 5.97 Å². The van der Waals surface area contributed by atoms with Gasteiger partial charge in [-0.15, -0.1) is 0 Å². The average molecular weight is 345 g/mol. The highest BCUT2D eigenvalue weighted by molar-refractivity contribution is 6.32. The summed E-state index contributed by atoms with van der Waals surface area (Å²) in [5.41, 5.74) is 1.71. The molecule has 0 saturated carbocycles. The largest absolute Gasteiger partial charge is 0.497 e. The van der Waals surface area contributed by atoms with E-state index in [0.717, 1.165) is 11.3 Å². The molecule has 24 heavy (non-hydrogen) atoms. The van der Waals surface area contributed by atoms with Gasteiger partial charge in [-0.25, -0.2) is 9.78 Å². The predicted octanol–water partition coefficient (Wildman–Crippen LogP) is 3.76. The van der Waals surface area contributed by atoms with E-state index in [0.29, 0.717) is 11.5 Å². The summed E-state index contributed by atoms with van der Waals surface area (Å²) in [6.45, 7) is -0.0484. The number of benzene rings is 1. The Bertz CT molecular complexity index is 846. The standard InChI is InChI=1S/C17H13ClN2O4/c1-22-12-6-4-11(5-7-12)15-9-13(24-20-15)10-23-17(21)14-3-2-8-19-16(14)18/h2-9H,10H2,1H3. The van der Waals surface area contributed by atoms with E-state index >= 15 is 0 Å². The Morgan fingerprint density at radius 3 is 2.75 bits per heavy atom. The zero-order chi connectivity index (χ0) is 16.9. The number of rotatable bonds is 5. The Hall–Kier alpha value is -2.86. The lowest BCUT2D eigenvalue weighted by molar-refractivity contribution is 0.0437. The molecule has 7 heteroatoms. The summed E-state index contributed by atoms with van der Waals surface area (Å²) in [5.74, 6) is 0.606. The number of esters is 1. The molecule has 0 amide bonds. The van der Waals surface area contributed by atoms with Gasteiger partial charge in [0.15, 0.2) is 12.4 Å². The van der Waals surface area contributed by atoms with E-state index in [9.17, 15) is 4.79 Å². The van der Waals surface area contributed by atoms with Crippen molar-refractivity contribution in [3.8, 4) is 17.0 Å². The van der Waals surface area contributed by atoms with Gasteiger partial charge in [0.2, 0.25) is 0 Å². The van der Waals surface area contributed by atoms with E-state index in [1.807, 2.05) is 24.3 Å². The third-order valence-electron chi connectivity index (χ3n) is 3.27. The van der Waals surface area contributed by atoms with Crippen LogP contribution in [-0.2, 0) is 11.3 Å². The van der Waals surface area contributed by atoms with Crippen LogP contribution in [0.1, 0.15) is 16.1 Å². The van der Waals surface area contributed by atoms with E-state index in [4.69, 9.17) is 25.6 Å². The van der Waals surface area contributed by atoms with E-state index in [1.165, 1.54) is 6.20 Å². The van der Waals surface area contributed by atoms with E-state index in [1.54, 1.807) is 25.3 Å². The number of pyridine rings is 1. The highest BCUT2D eigenvalue weighted by Crippen LogP contribution is 2.22. The van der Waals surface area contributed by atoms with Gasteiger partial charge in [-0.2, -0.15) is 0 Å². The maximum atomic E-state index is 12.0. The number of carbonyl (C=O) groups excluding carboxylic acids is 1. The van der Waals surface area contributed by atoms with Crippen molar-refractivity contribution in [1.29, 1.82) is 0 Å². The summed E-state index contributed by atoms with van der Waals surface area (Å²) in [5, 5.41) is 4.06. The van der Waals surface area contributed by atoms with Crippen molar-refractivity contribution in [3.63, 3.8) is 0 Å². The van der Waals surface area contributed by atoms with Crippen molar-refractivity contribution in [2.45, 2.75) is 6.61 Å². The molecule has 1 aromatic carbocycles. The van der Waals surface area contributed by atoms with Crippen LogP contribution in [0, 0.1) is 0 Å². The van der Waals surface area contributed by atoms with Crippen LogP contribution in [0.25, 0.3) is 11.3 Å². The smallest absolute Gasteiger partial charge is 0.341 e. The Balaban J connectivity index is 1.66. The summed E-state index contributed by atoms with van der Waals surface area (Å²) in [7, 11) is 1.60. The summed E-state index contributed by atoms with van der Waals surface area (Å²) < 4.78 is 15.5. The van der Waals surface area contributed by atoms with Gasteiger partial charge in [0.05, 0.1) is 12.7 Å². The number of carbonyl (C=O) groups is 1. The fourth-order valence-electron chi connectivity index (χ4n) is 2.03. The molecule has 0 aliphatic rings. The number of methoxy groups -OCH3 is 1. The van der Waals surface area contributed by atoms with Gasteiger partial charge in [0.1, 0.15) is 16.6 Å². The molecule has 0 spiro atoms. The summed E-state index contributed by atoms with van der Waals surface area (Å²) in [6.07, 6.45) is 1.50. The molecule has 2 heterocycles. The molecule has 3 aromatic rings. The first-order valence-corrected chi connectivity index (χ1v) is 7.43. The third-order valence-corrected chi connectivity index (χ3v) is 3.57. The minimum absolute atomic E-state index is 0.0484. The summed E-state index contributed by atoms with van der Waals surface area (Å²) >= 11 is 5.85. The number of halogens is 1. The molecule has 0 aliphatic heterocycles. The lowest BCUT2D eigenvalue weighted by Gasteiger charge is -2.03. The first kappa shape index (κ1) is 16.0. The topological polar surface area (TPSA) is 74.5 Å². The van der Waals surface area contributed by atoms with E-state index in [2.05, 4.69) is 10.1 Å². The zero-order valence-electron chi connectivity index (χ0n) is 12.7. The molecule has 122 valence electrons. The maximum Gasteiger partial charge on any atom is 0.341 e. The van der Waals surface area contributed by atoms with Crippen LogP contribution in [0.5, 0.6) is 5.75 Å². The molecule has 0 aliphatic carbocycles. The van der Waals surface area contributed by atoms with Crippen LogP contribution in [-0.4, -0.2) is 23.2 Å². The quantitative estimate of drug-likeness (QED) is 0.518. The Kier molecular flexibility index (Phi) is 4.77. The van der Waals surface area contributed by atoms with Crippen LogP contribution in [0.2, 0.25) is 5.15 Å². The molecule has 2 aromatic heterocycles. The van der Waals surface area contributed by atoms with Crippen molar-refractivity contribution in [2.75, 3.05) is 7.11 Å². The number of aromatic nitrogens is 2. The lowest BCUT2D eigenvalue weighted by Crippen LogP contribution is -2.06. The first-order chi connectivity index (χ1) is 11.7. The van der Waals surface area contributed by atoms with Gasteiger partial charge in [-0.3, -0.25) is 0 Å². The Morgan fingerprint density at radius 1 is 1.25 bits per heavy atom. The van der Waals surface area contributed by atoms with Crippen molar-refractivity contribution < 1.29 is 18.8 Å². The first-order valence-electron chi connectivity index (χ1n) is 7.05. The zero-order valence-corrected chi connectivity index (χ0v) is 13.5. The van der Waals surface area contributed by atoms with Crippen LogP contribution in [0.3, 0.4) is 0 Å². The molecule has 0 unspecified atom stereocenters. The molecular weight excluding hydrogens is 332 g/mol. The highest BCUT2D eigenvalue weighted by atomic mass is 35.5. The number of ether oxygens (including phenoxy) is 2. The molecule has 3 rings (SSSR count). The van der Waals surface area contributed by atoms with Gasteiger partial charge in [0.25, 0.3) is 0 Å². The van der Waals surface area contributed by atoms with Gasteiger partial charge in [0, 0.05) is 17.8 Å².